The van der Waals surface area contributed by atoms with Crippen LogP contribution in [0.1, 0.15) is 10.4 Å². The van der Waals surface area contributed by atoms with Gasteiger partial charge in [0.2, 0.25) is 0 Å². The van der Waals surface area contributed by atoms with Crippen LogP contribution in [-0.2, 0) is 4.74 Å². The molecule has 0 saturated carbocycles. The Morgan fingerprint density at radius 3 is 3.07 bits per heavy atom. The number of ether oxygens (including phenoxy) is 1. The third-order valence-corrected chi connectivity index (χ3v) is 1.87. The maximum atomic E-state index is 11.2. The summed E-state index contributed by atoms with van der Waals surface area (Å²) in [4.78, 5) is 19.3. The summed E-state index contributed by atoms with van der Waals surface area (Å²) in [5, 5.41) is 0.829. The molecule has 0 fully saturated rings. The van der Waals surface area contributed by atoms with Gasteiger partial charge in [0, 0.05) is 17.8 Å². The first-order chi connectivity index (χ1) is 6.81. The maximum absolute atomic E-state index is 11.2. The van der Waals surface area contributed by atoms with E-state index in [1.54, 1.807) is 18.3 Å². The third-order valence-electron chi connectivity index (χ3n) is 1.87. The zero-order valence-electron chi connectivity index (χ0n) is 7.60. The van der Waals surface area contributed by atoms with E-state index in [0.29, 0.717) is 11.2 Å². The Labute approximate surface area is 80.6 Å². The molecule has 0 N–H and O–H groups in total. The second-order valence-corrected chi connectivity index (χ2v) is 2.77. The molecule has 0 aromatic carbocycles. The molecule has 14 heavy (non-hydrogen) atoms. The van der Waals surface area contributed by atoms with Gasteiger partial charge in [-0.05, 0) is 18.2 Å². The van der Waals surface area contributed by atoms with Crippen LogP contribution in [0.15, 0.2) is 30.6 Å². The number of methoxy groups -OCH3 is 1. The van der Waals surface area contributed by atoms with Crippen molar-refractivity contribution >= 4 is 17.0 Å². The number of nitrogens with zero attached hydrogens (tertiary/aromatic N) is 2. The van der Waals surface area contributed by atoms with Crippen molar-refractivity contribution in [3.8, 4) is 0 Å². The van der Waals surface area contributed by atoms with Crippen LogP contribution in [0.3, 0.4) is 0 Å². The molecule has 0 unspecified atom stereocenters. The fourth-order valence-corrected chi connectivity index (χ4v) is 1.19. The standard InChI is InChI=1S/C10H8N2O2/c1-14-10(13)8-5-7-3-2-4-11-9(7)12-6-8/h2-6H,1H3. The van der Waals surface area contributed by atoms with E-state index in [1.165, 1.54) is 13.3 Å². The molecule has 0 bridgehead atoms. The minimum Gasteiger partial charge on any atom is -0.465 e. The second kappa shape index (κ2) is 3.41. The smallest absolute Gasteiger partial charge is 0.339 e. The van der Waals surface area contributed by atoms with Gasteiger partial charge in [-0.1, -0.05) is 0 Å². The molecule has 0 aliphatic carbocycles. The largest absolute Gasteiger partial charge is 0.465 e. The van der Waals surface area contributed by atoms with Gasteiger partial charge in [-0.25, -0.2) is 14.8 Å². The van der Waals surface area contributed by atoms with Crippen molar-refractivity contribution < 1.29 is 9.53 Å². The Bertz CT molecular complexity index is 482. The number of esters is 1. The van der Waals surface area contributed by atoms with E-state index in [1.807, 2.05) is 6.07 Å². The van der Waals surface area contributed by atoms with Crippen molar-refractivity contribution in [2.45, 2.75) is 0 Å². The molecule has 0 atom stereocenters. The lowest BCUT2D eigenvalue weighted by Crippen LogP contribution is -2.01. The van der Waals surface area contributed by atoms with Gasteiger partial charge >= 0.3 is 5.97 Å². The molecule has 2 rings (SSSR count). The third kappa shape index (κ3) is 1.42. The quantitative estimate of drug-likeness (QED) is 0.635. The fraction of sp³-hybridized carbons (Fsp3) is 0.100. The van der Waals surface area contributed by atoms with Crippen molar-refractivity contribution in [2.24, 2.45) is 0 Å². The SMILES string of the molecule is COC(=O)c1cnc2ncccc2c1. The molecule has 2 aromatic rings. The first-order valence-corrected chi connectivity index (χ1v) is 4.10. The number of carbonyl (C=O) groups excluding carboxylic acids is 1. The van der Waals surface area contributed by atoms with Crippen LogP contribution in [-0.4, -0.2) is 23.0 Å². The first-order valence-electron chi connectivity index (χ1n) is 4.10. The maximum Gasteiger partial charge on any atom is 0.339 e. The molecule has 0 radical (unpaired) electrons. The van der Waals surface area contributed by atoms with Gasteiger partial charge in [-0.15, -0.1) is 0 Å². The van der Waals surface area contributed by atoms with Crippen LogP contribution in [0.4, 0.5) is 0 Å². The van der Waals surface area contributed by atoms with Crippen molar-refractivity contribution in [2.75, 3.05) is 7.11 Å². The second-order valence-electron chi connectivity index (χ2n) is 2.77. The summed E-state index contributed by atoms with van der Waals surface area (Å²) in [5.41, 5.74) is 1.06. The molecule has 0 spiro atoms. The average molecular weight is 188 g/mol. The van der Waals surface area contributed by atoms with Crippen molar-refractivity contribution in [1.29, 1.82) is 0 Å². The minimum absolute atomic E-state index is 0.386. The molecule has 0 aliphatic rings. The predicted octanol–water partition coefficient (Wildman–Crippen LogP) is 1.42. The predicted molar refractivity (Wildman–Crippen MR) is 50.9 cm³/mol. The molecule has 2 aromatic heterocycles. The summed E-state index contributed by atoms with van der Waals surface area (Å²) < 4.78 is 4.59. The average Bonchev–Trinajstić information content (AvgIpc) is 2.27. The summed E-state index contributed by atoms with van der Waals surface area (Å²) in [6.07, 6.45) is 3.12. The Balaban J connectivity index is 2.56. The zero-order chi connectivity index (χ0) is 9.97. The number of carbonyl (C=O) groups is 1. The zero-order valence-corrected chi connectivity index (χ0v) is 7.60. The summed E-state index contributed by atoms with van der Waals surface area (Å²) >= 11 is 0. The van der Waals surface area contributed by atoms with Crippen LogP contribution in [0.2, 0.25) is 0 Å². The summed E-state index contributed by atoms with van der Waals surface area (Å²) in [6, 6.07) is 5.36. The topological polar surface area (TPSA) is 52.1 Å². The van der Waals surface area contributed by atoms with Crippen LogP contribution in [0.5, 0.6) is 0 Å². The lowest BCUT2D eigenvalue weighted by molar-refractivity contribution is 0.0600. The van der Waals surface area contributed by atoms with E-state index in [2.05, 4.69) is 14.7 Å². The van der Waals surface area contributed by atoms with Crippen LogP contribution in [0.25, 0.3) is 11.0 Å². The number of pyridine rings is 2. The Kier molecular flexibility index (Phi) is 2.10. The first kappa shape index (κ1) is 8.62. The summed E-state index contributed by atoms with van der Waals surface area (Å²) in [7, 11) is 1.34. The lowest BCUT2D eigenvalue weighted by atomic mass is 10.2. The summed E-state index contributed by atoms with van der Waals surface area (Å²) in [5.74, 6) is -0.386. The number of aromatic nitrogens is 2. The molecule has 4 nitrogen and oxygen atoms in total. The molecule has 0 saturated heterocycles. The number of hydrogen-bond acceptors (Lipinski definition) is 4. The number of rotatable bonds is 1. The highest BCUT2D eigenvalue weighted by atomic mass is 16.5. The van der Waals surface area contributed by atoms with E-state index < -0.39 is 0 Å². The van der Waals surface area contributed by atoms with E-state index in [0.717, 1.165) is 5.39 Å². The van der Waals surface area contributed by atoms with Crippen molar-refractivity contribution in [3.05, 3.63) is 36.2 Å². The highest BCUT2D eigenvalue weighted by Crippen LogP contribution is 2.10. The van der Waals surface area contributed by atoms with Crippen LogP contribution < -0.4 is 0 Å². The molecular formula is C10H8N2O2. The molecule has 70 valence electrons. The Hall–Kier alpha value is -1.97. The number of hydrogen-bond donors (Lipinski definition) is 0. The van der Waals surface area contributed by atoms with Crippen LogP contribution >= 0.6 is 0 Å². The van der Waals surface area contributed by atoms with Crippen molar-refractivity contribution in [1.82, 2.24) is 9.97 Å². The van der Waals surface area contributed by atoms with Gasteiger partial charge in [0.05, 0.1) is 12.7 Å². The molecule has 0 amide bonds. The van der Waals surface area contributed by atoms with Gasteiger partial charge in [0.1, 0.15) is 0 Å². The summed E-state index contributed by atoms with van der Waals surface area (Å²) in [6.45, 7) is 0. The lowest BCUT2D eigenvalue weighted by Gasteiger charge is -1.99. The fourth-order valence-electron chi connectivity index (χ4n) is 1.19. The molecule has 0 aliphatic heterocycles. The van der Waals surface area contributed by atoms with Crippen LogP contribution in [0, 0.1) is 0 Å². The highest BCUT2D eigenvalue weighted by molar-refractivity contribution is 5.92. The minimum atomic E-state index is -0.386. The van der Waals surface area contributed by atoms with Gasteiger partial charge in [0.25, 0.3) is 0 Å². The molecular weight excluding hydrogens is 180 g/mol. The Morgan fingerprint density at radius 1 is 1.43 bits per heavy atom. The number of fused-ring (bicyclic) bond motifs is 1. The Morgan fingerprint density at radius 2 is 2.29 bits per heavy atom. The molecule has 2 heterocycles. The van der Waals surface area contributed by atoms with E-state index >= 15 is 0 Å². The van der Waals surface area contributed by atoms with Gasteiger partial charge in [-0.2, -0.15) is 0 Å². The monoisotopic (exact) mass is 188 g/mol. The van der Waals surface area contributed by atoms with Gasteiger partial charge < -0.3 is 4.74 Å². The van der Waals surface area contributed by atoms with Crippen molar-refractivity contribution in [3.63, 3.8) is 0 Å². The van der Waals surface area contributed by atoms with Gasteiger partial charge in [-0.3, -0.25) is 0 Å². The van der Waals surface area contributed by atoms with E-state index in [4.69, 9.17) is 0 Å². The molecule has 4 heteroatoms. The van der Waals surface area contributed by atoms with E-state index in [-0.39, 0.29) is 5.97 Å². The highest BCUT2D eigenvalue weighted by Gasteiger charge is 2.06. The van der Waals surface area contributed by atoms with E-state index in [9.17, 15) is 4.79 Å². The van der Waals surface area contributed by atoms with Gasteiger partial charge in [0.15, 0.2) is 5.65 Å². The normalized spacial score (nSPS) is 10.1.